The molecule has 0 fully saturated rings. The number of phenolic OH excluding ortho intramolecular Hbond substituents is 1. The van der Waals surface area contributed by atoms with Gasteiger partial charge in [-0.05, 0) is 24.3 Å². The zero-order valence-corrected chi connectivity index (χ0v) is 12.7. The normalized spacial score (nSPS) is 10.3. The first-order chi connectivity index (χ1) is 11.1. The molecule has 2 amide bonds. The summed E-state index contributed by atoms with van der Waals surface area (Å²) in [5.74, 6) is 0.404. The number of carbonyl (C=O) groups is 1. The Morgan fingerprint density at radius 3 is 2.30 bits per heavy atom. The highest BCUT2D eigenvalue weighted by atomic mass is 16.5. The Morgan fingerprint density at radius 2 is 1.74 bits per heavy atom. The summed E-state index contributed by atoms with van der Waals surface area (Å²) in [7, 11) is 2.86. The van der Waals surface area contributed by atoms with E-state index >= 15 is 0 Å². The van der Waals surface area contributed by atoms with Crippen molar-refractivity contribution in [3.63, 3.8) is 0 Å². The molecule has 23 heavy (non-hydrogen) atoms. The second-order valence-corrected chi connectivity index (χ2v) is 4.46. The molecule has 0 atom stereocenters. The lowest BCUT2D eigenvalue weighted by molar-refractivity contribution is 0.252. The predicted molar refractivity (Wildman–Crippen MR) is 87.4 cm³/mol. The van der Waals surface area contributed by atoms with E-state index in [1.807, 2.05) is 18.2 Å². The minimum absolute atomic E-state index is 0.0954. The Bertz CT molecular complexity index is 677. The van der Waals surface area contributed by atoms with Gasteiger partial charge in [-0.25, -0.2) is 10.2 Å². The molecule has 0 heterocycles. The van der Waals surface area contributed by atoms with Crippen molar-refractivity contribution >= 4 is 17.9 Å². The van der Waals surface area contributed by atoms with Gasteiger partial charge < -0.3 is 19.9 Å². The highest BCUT2D eigenvalue weighted by Gasteiger charge is 2.10. The molecule has 7 heteroatoms. The number of para-hydroxylation sites is 1. The largest absolute Gasteiger partial charge is 0.502 e. The molecule has 0 aliphatic rings. The average molecular weight is 315 g/mol. The number of hydrogen-bond acceptors (Lipinski definition) is 5. The molecule has 2 aromatic rings. The summed E-state index contributed by atoms with van der Waals surface area (Å²) >= 11 is 0. The van der Waals surface area contributed by atoms with Crippen LogP contribution in [-0.2, 0) is 0 Å². The van der Waals surface area contributed by atoms with Crippen LogP contribution in [0.1, 0.15) is 5.56 Å². The van der Waals surface area contributed by atoms with Gasteiger partial charge in [0.15, 0.2) is 11.5 Å². The smallest absolute Gasteiger partial charge is 0.339 e. The lowest BCUT2D eigenvalue weighted by atomic mass is 10.2. The van der Waals surface area contributed by atoms with Crippen LogP contribution in [0.2, 0.25) is 0 Å². The zero-order chi connectivity index (χ0) is 16.7. The number of benzene rings is 2. The third kappa shape index (κ3) is 4.37. The highest BCUT2D eigenvalue weighted by Crippen LogP contribution is 2.36. The van der Waals surface area contributed by atoms with E-state index in [0.29, 0.717) is 11.3 Å². The van der Waals surface area contributed by atoms with Crippen LogP contribution in [-0.4, -0.2) is 31.6 Å². The standard InChI is InChI=1S/C16H17N3O4/c1-22-13-8-11(9-14(23-2)15(13)20)10-17-19-16(21)18-12-6-4-3-5-7-12/h3-10,20H,1-2H3,(H2,18,19,21)/b17-10+. The van der Waals surface area contributed by atoms with Crippen molar-refractivity contribution in [3.05, 3.63) is 48.0 Å². The molecule has 0 spiro atoms. The van der Waals surface area contributed by atoms with Crippen LogP contribution in [0.3, 0.4) is 0 Å². The van der Waals surface area contributed by atoms with Gasteiger partial charge in [0, 0.05) is 11.3 Å². The molecule has 0 bridgehead atoms. The topological polar surface area (TPSA) is 92.2 Å². The molecule has 0 unspecified atom stereocenters. The van der Waals surface area contributed by atoms with Crippen molar-refractivity contribution in [2.45, 2.75) is 0 Å². The first kappa shape index (κ1) is 16.2. The Kier molecular flexibility index (Phi) is 5.40. The Labute approximate surface area is 133 Å². The van der Waals surface area contributed by atoms with Gasteiger partial charge in [-0.2, -0.15) is 5.10 Å². The number of nitrogens with one attached hydrogen (secondary N) is 2. The van der Waals surface area contributed by atoms with Crippen LogP contribution in [0, 0.1) is 0 Å². The van der Waals surface area contributed by atoms with Crippen molar-refractivity contribution in [2.75, 3.05) is 19.5 Å². The molecule has 2 rings (SSSR count). The van der Waals surface area contributed by atoms with Gasteiger partial charge in [0.25, 0.3) is 0 Å². The summed E-state index contributed by atoms with van der Waals surface area (Å²) in [6.07, 6.45) is 1.41. The molecule has 0 saturated heterocycles. The van der Waals surface area contributed by atoms with Gasteiger partial charge in [0.2, 0.25) is 5.75 Å². The van der Waals surface area contributed by atoms with E-state index in [4.69, 9.17) is 9.47 Å². The Hall–Kier alpha value is -3.22. The maximum absolute atomic E-state index is 11.7. The van der Waals surface area contributed by atoms with Crippen molar-refractivity contribution in [1.82, 2.24) is 5.43 Å². The quantitative estimate of drug-likeness (QED) is 0.584. The Balaban J connectivity index is 2.01. The van der Waals surface area contributed by atoms with Crippen molar-refractivity contribution in [2.24, 2.45) is 5.10 Å². The van der Waals surface area contributed by atoms with E-state index < -0.39 is 6.03 Å². The van der Waals surface area contributed by atoms with Gasteiger partial charge >= 0.3 is 6.03 Å². The van der Waals surface area contributed by atoms with Crippen LogP contribution in [0.4, 0.5) is 10.5 Å². The van der Waals surface area contributed by atoms with E-state index in [-0.39, 0.29) is 17.2 Å². The number of nitrogens with zero attached hydrogens (tertiary/aromatic N) is 1. The van der Waals surface area contributed by atoms with Gasteiger partial charge in [-0.1, -0.05) is 18.2 Å². The Morgan fingerprint density at radius 1 is 1.13 bits per heavy atom. The van der Waals surface area contributed by atoms with E-state index in [0.717, 1.165) is 0 Å². The number of phenols is 1. The number of methoxy groups -OCH3 is 2. The molecule has 120 valence electrons. The molecular formula is C16H17N3O4. The number of anilines is 1. The molecule has 0 aliphatic heterocycles. The second-order valence-electron chi connectivity index (χ2n) is 4.46. The monoisotopic (exact) mass is 315 g/mol. The minimum atomic E-state index is -0.467. The molecule has 2 aromatic carbocycles. The van der Waals surface area contributed by atoms with Crippen LogP contribution < -0.4 is 20.2 Å². The van der Waals surface area contributed by atoms with Crippen LogP contribution in [0.25, 0.3) is 0 Å². The van der Waals surface area contributed by atoms with Crippen LogP contribution in [0.5, 0.6) is 17.2 Å². The number of rotatable bonds is 5. The molecule has 0 saturated carbocycles. The number of hydrogen-bond donors (Lipinski definition) is 3. The molecule has 0 aromatic heterocycles. The fraction of sp³-hybridized carbons (Fsp3) is 0.125. The molecule has 0 radical (unpaired) electrons. The fourth-order valence-corrected chi connectivity index (χ4v) is 1.83. The average Bonchev–Trinajstić information content (AvgIpc) is 2.57. The minimum Gasteiger partial charge on any atom is -0.502 e. The van der Waals surface area contributed by atoms with Gasteiger partial charge in [0.05, 0.1) is 20.4 Å². The maximum Gasteiger partial charge on any atom is 0.339 e. The number of urea groups is 1. The summed E-state index contributed by atoms with van der Waals surface area (Å²) < 4.78 is 10.1. The van der Waals surface area contributed by atoms with Gasteiger partial charge in [-0.3, -0.25) is 0 Å². The van der Waals surface area contributed by atoms with Crippen LogP contribution in [0.15, 0.2) is 47.6 Å². The summed E-state index contributed by atoms with van der Waals surface area (Å²) in [6.45, 7) is 0. The van der Waals surface area contributed by atoms with E-state index in [2.05, 4.69) is 15.8 Å². The fourth-order valence-electron chi connectivity index (χ4n) is 1.83. The van der Waals surface area contributed by atoms with Crippen molar-refractivity contribution in [1.29, 1.82) is 0 Å². The summed E-state index contributed by atoms with van der Waals surface area (Å²) in [5.41, 5.74) is 3.60. The van der Waals surface area contributed by atoms with Crippen molar-refractivity contribution in [3.8, 4) is 17.2 Å². The maximum atomic E-state index is 11.7. The molecule has 7 nitrogen and oxygen atoms in total. The zero-order valence-electron chi connectivity index (χ0n) is 12.7. The lowest BCUT2D eigenvalue weighted by Crippen LogP contribution is -2.24. The first-order valence-electron chi connectivity index (χ1n) is 6.74. The van der Waals surface area contributed by atoms with E-state index in [9.17, 15) is 9.90 Å². The molecule has 3 N–H and O–H groups in total. The van der Waals surface area contributed by atoms with Gasteiger partial charge in [-0.15, -0.1) is 0 Å². The van der Waals surface area contributed by atoms with Crippen LogP contribution >= 0.6 is 0 Å². The number of ether oxygens (including phenoxy) is 2. The lowest BCUT2D eigenvalue weighted by Gasteiger charge is -2.09. The van der Waals surface area contributed by atoms with Gasteiger partial charge in [0.1, 0.15) is 0 Å². The number of hydrazone groups is 1. The number of amides is 2. The first-order valence-corrected chi connectivity index (χ1v) is 6.74. The number of aromatic hydroxyl groups is 1. The van der Waals surface area contributed by atoms with E-state index in [1.54, 1.807) is 24.3 Å². The molecule has 0 aliphatic carbocycles. The van der Waals surface area contributed by atoms with E-state index in [1.165, 1.54) is 20.4 Å². The summed E-state index contributed by atoms with van der Waals surface area (Å²) in [4.78, 5) is 11.7. The highest BCUT2D eigenvalue weighted by molar-refractivity contribution is 5.90. The predicted octanol–water partition coefficient (Wildman–Crippen LogP) is 2.57. The summed E-state index contributed by atoms with van der Waals surface area (Å²) in [6, 6.07) is 11.7. The van der Waals surface area contributed by atoms with Crippen molar-refractivity contribution < 1.29 is 19.4 Å². The summed E-state index contributed by atoms with van der Waals surface area (Å²) in [5, 5.41) is 16.3. The molecular weight excluding hydrogens is 298 g/mol. The number of carbonyl (C=O) groups excluding carboxylic acids is 1. The SMILES string of the molecule is COc1cc(/C=N/NC(=O)Nc2ccccc2)cc(OC)c1O. The second kappa shape index (κ2) is 7.69. The third-order valence-electron chi connectivity index (χ3n) is 2.91. The third-order valence-corrected chi connectivity index (χ3v) is 2.91.